The number of amides is 1. The second-order valence-corrected chi connectivity index (χ2v) is 5.44. The molecule has 4 heteroatoms. The van der Waals surface area contributed by atoms with Gasteiger partial charge in [0.15, 0.2) is 0 Å². The van der Waals surface area contributed by atoms with Crippen LogP contribution in [0.1, 0.15) is 12.0 Å². The summed E-state index contributed by atoms with van der Waals surface area (Å²) >= 11 is 0. The molecule has 0 unspecified atom stereocenters. The zero-order chi connectivity index (χ0) is 12.3. The van der Waals surface area contributed by atoms with Crippen LogP contribution in [0.5, 0.6) is 0 Å². The van der Waals surface area contributed by atoms with Gasteiger partial charge >= 0.3 is 0 Å². The van der Waals surface area contributed by atoms with Gasteiger partial charge in [0.25, 0.3) is 0 Å². The number of benzene rings is 1. The van der Waals surface area contributed by atoms with Crippen LogP contribution in [-0.4, -0.2) is 25.0 Å². The first kappa shape index (κ1) is 10.5. The average Bonchev–Trinajstić information content (AvgIpc) is 2.79. The number of fused-ring (bicyclic) bond motifs is 2. The molecule has 3 aliphatic rings. The Morgan fingerprint density at radius 3 is 3.11 bits per heavy atom. The lowest BCUT2D eigenvalue weighted by Gasteiger charge is -2.18. The van der Waals surface area contributed by atoms with Gasteiger partial charge in [-0.3, -0.25) is 4.79 Å². The highest BCUT2D eigenvalue weighted by Crippen LogP contribution is 2.47. The lowest BCUT2D eigenvalue weighted by Crippen LogP contribution is -2.34. The summed E-state index contributed by atoms with van der Waals surface area (Å²) in [6, 6.07) is 5.40. The molecule has 0 bridgehead atoms. The quantitative estimate of drug-likeness (QED) is 0.810. The van der Waals surface area contributed by atoms with E-state index in [0.717, 1.165) is 18.7 Å². The third-order valence-corrected chi connectivity index (χ3v) is 4.55. The number of piperidine rings is 1. The van der Waals surface area contributed by atoms with Crippen LogP contribution in [0, 0.1) is 17.7 Å². The topological polar surface area (TPSA) is 32.3 Å². The number of nitrogens with zero attached hydrogens (tertiary/aromatic N) is 1. The van der Waals surface area contributed by atoms with Gasteiger partial charge in [-0.1, -0.05) is 6.07 Å². The Morgan fingerprint density at radius 2 is 2.33 bits per heavy atom. The molecule has 1 N–H and O–H groups in total. The van der Waals surface area contributed by atoms with E-state index in [1.807, 2.05) is 6.07 Å². The predicted octanol–water partition coefficient (Wildman–Crippen LogP) is 1.32. The summed E-state index contributed by atoms with van der Waals surface area (Å²) in [6.45, 7) is 1.66. The minimum atomic E-state index is -0.183. The van der Waals surface area contributed by atoms with Crippen LogP contribution in [0.15, 0.2) is 18.2 Å². The smallest absolute Gasteiger partial charge is 0.232 e. The number of carbonyl (C=O) groups excluding carboxylic acids is 1. The van der Waals surface area contributed by atoms with Gasteiger partial charge < -0.3 is 10.2 Å². The number of carbonyl (C=O) groups is 1. The number of hydrogen-bond donors (Lipinski definition) is 1. The van der Waals surface area contributed by atoms with Gasteiger partial charge in [0.05, 0.1) is 5.92 Å². The average molecular weight is 246 g/mol. The van der Waals surface area contributed by atoms with E-state index in [9.17, 15) is 9.18 Å². The van der Waals surface area contributed by atoms with E-state index in [2.05, 4.69) is 5.32 Å². The van der Waals surface area contributed by atoms with Gasteiger partial charge in [-0.25, -0.2) is 4.39 Å². The maximum Gasteiger partial charge on any atom is 0.232 e. The Hall–Kier alpha value is -1.42. The molecule has 4 rings (SSSR count). The zero-order valence-electron chi connectivity index (χ0n) is 10.0. The van der Waals surface area contributed by atoms with E-state index in [-0.39, 0.29) is 17.6 Å². The molecule has 1 amide bonds. The summed E-state index contributed by atoms with van der Waals surface area (Å²) in [5, 5.41) is 3.36. The zero-order valence-corrected chi connectivity index (χ0v) is 10.0. The van der Waals surface area contributed by atoms with Crippen LogP contribution < -0.4 is 10.2 Å². The molecular weight excluding hydrogens is 231 g/mol. The summed E-state index contributed by atoms with van der Waals surface area (Å²) in [5.74, 6) is 0.654. The molecule has 0 spiro atoms. The molecule has 1 aliphatic carbocycles. The van der Waals surface area contributed by atoms with Crippen molar-refractivity contribution in [2.45, 2.75) is 18.9 Å². The van der Waals surface area contributed by atoms with Crippen LogP contribution in [0.2, 0.25) is 0 Å². The van der Waals surface area contributed by atoms with Gasteiger partial charge in [-0.2, -0.15) is 0 Å². The monoisotopic (exact) mass is 246 g/mol. The number of anilines is 1. The maximum atomic E-state index is 13.6. The predicted molar refractivity (Wildman–Crippen MR) is 65.8 cm³/mol. The van der Waals surface area contributed by atoms with Crippen molar-refractivity contribution in [3.63, 3.8) is 0 Å². The first-order valence-corrected chi connectivity index (χ1v) is 6.59. The van der Waals surface area contributed by atoms with Gasteiger partial charge in [-0.15, -0.1) is 0 Å². The molecule has 2 aliphatic heterocycles. The normalized spacial score (nSPS) is 32.3. The van der Waals surface area contributed by atoms with Crippen molar-refractivity contribution in [1.29, 1.82) is 0 Å². The third kappa shape index (κ3) is 1.29. The summed E-state index contributed by atoms with van der Waals surface area (Å²) in [7, 11) is 0. The number of nitrogens with one attached hydrogen (secondary N) is 1. The van der Waals surface area contributed by atoms with Crippen LogP contribution >= 0.6 is 0 Å². The Balaban J connectivity index is 1.61. The molecule has 3 nitrogen and oxygen atoms in total. The maximum absolute atomic E-state index is 13.6. The summed E-state index contributed by atoms with van der Waals surface area (Å²) in [5.41, 5.74) is 1.48. The van der Waals surface area contributed by atoms with Crippen molar-refractivity contribution < 1.29 is 9.18 Å². The van der Waals surface area contributed by atoms with Crippen LogP contribution in [0.4, 0.5) is 10.1 Å². The molecule has 2 heterocycles. The van der Waals surface area contributed by atoms with E-state index in [1.165, 1.54) is 6.07 Å². The van der Waals surface area contributed by atoms with E-state index in [1.54, 1.807) is 11.0 Å². The second kappa shape index (κ2) is 3.54. The molecule has 1 aromatic rings. The second-order valence-electron chi connectivity index (χ2n) is 5.44. The molecule has 1 saturated carbocycles. The van der Waals surface area contributed by atoms with Crippen molar-refractivity contribution in [3.8, 4) is 0 Å². The van der Waals surface area contributed by atoms with E-state index >= 15 is 0 Å². The van der Waals surface area contributed by atoms with Gasteiger partial charge in [0.2, 0.25) is 5.91 Å². The lowest BCUT2D eigenvalue weighted by molar-refractivity contribution is -0.120. The Kier molecular flexibility index (Phi) is 2.07. The first-order chi connectivity index (χ1) is 8.77. The number of rotatable bonds is 1. The fraction of sp³-hybridized carbons (Fsp3) is 0.500. The third-order valence-electron chi connectivity index (χ3n) is 4.55. The molecule has 1 saturated heterocycles. The standard InChI is InChI=1S/C14H15FN2O/c15-10-2-1-3-11-8(10)5-7-17(11)14(18)12-9-4-6-16-13(9)12/h1-3,9,12-13,16H,4-7H2/t9-,12-,13-/m1/s1. The first-order valence-electron chi connectivity index (χ1n) is 6.59. The largest absolute Gasteiger partial charge is 0.313 e. The summed E-state index contributed by atoms with van der Waals surface area (Å²) in [4.78, 5) is 14.2. The Morgan fingerprint density at radius 1 is 1.44 bits per heavy atom. The fourth-order valence-electron chi connectivity index (χ4n) is 3.57. The molecule has 0 radical (unpaired) electrons. The van der Waals surface area contributed by atoms with Crippen molar-refractivity contribution in [1.82, 2.24) is 5.32 Å². The van der Waals surface area contributed by atoms with Crippen molar-refractivity contribution in [3.05, 3.63) is 29.6 Å². The Labute approximate surface area is 105 Å². The van der Waals surface area contributed by atoms with Crippen LogP contribution in [-0.2, 0) is 11.2 Å². The SMILES string of the molecule is O=C([C@@H]1[C@H]2CCN[C@H]21)N1CCc2c(F)cccc21. The van der Waals surface area contributed by atoms with Gasteiger partial charge in [-0.05, 0) is 37.4 Å². The molecule has 3 atom stereocenters. The minimum absolute atomic E-state index is 0.132. The summed E-state index contributed by atoms with van der Waals surface area (Å²) < 4.78 is 13.6. The van der Waals surface area contributed by atoms with Gasteiger partial charge in [0, 0.05) is 23.8 Å². The van der Waals surface area contributed by atoms with Gasteiger partial charge in [0.1, 0.15) is 5.82 Å². The minimum Gasteiger partial charge on any atom is -0.313 e. The Bertz CT molecular complexity index is 521. The highest BCUT2D eigenvalue weighted by molar-refractivity contribution is 5.99. The van der Waals surface area contributed by atoms with Crippen LogP contribution in [0.3, 0.4) is 0 Å². The molecule has 18 heavy (non-hydrogen) atoms. The molecule has 94 valence electrons. The summed E-state index contributed by atoms with van der Waals surface area (Å²) in [6.07, 6.45) is 1.74. The van der Waals surface area contributed by atoms with Crippen molar-refractivity contribution in [2.24, 2.45) is 11.8 Å². The number of halogens is 1. The molecular formula is C14H15FN2O. The fourth-order valence-corrected chi connectivity index (χ4v) is 3.57. The van der Waals surface area contributed by atoms with E-state index < -0.39 is 0 Å². The van der Waals surface area contributed by atoms with Crippen molar-refractivity contribution >= 4 is 11.6 Å². The molecule has 2 fully saturated rings. The number of hydrogen-bond acceptors (Lipinski definition) is 2. The van der Waals surface area contributed by atoms with Crippen molar-refractivity contribution in [2.75, 3.05) is 18.0 Å². The van der Waals surface area contributed by atoms with Crippen LogP contribution in [0.25, 0.3) is 0 Å². The highest BCUT2D eigenvalue weighted by Gasteiger charge is 2.58. The molecule has 0 aromatic heterocycles. The lowest BCUT2D eigenvalue weighted by atomic mass is 10.1. The van der Waals surface area contributed by atoms with E-state index in [0.29, 0.717) is 30.5 Å². The van der Waals surface area contributed by atoms with E-state index in [4.69, 9.17) is 0 Å². The highest BCUT2D eigenvalue weighted by atomic mass is 19.1. The molecule has 1 aromatic carbocycles.